The molecule has 260 valence electrons. The van der Waals surface area contributed by atoms with Gasteiger partial charge in [-0.15, -0.1) is 0 Å². The van der Waals surface area contributed by atoms with Gasteiger partial charge < -0.3 is 18.9 Å². The minimum absolute atomic E-state index is 1.13. The van der Waals surface area contributed by atoms with E-state index in [0.29, 0.717) is 0 Å². The molecule has 0 unspecified atom stereocenters. The largest absolute Gasteiger partial charge is 0.342 e. The Hall–Kier alpha value is -6.78. The molecule has 10 rings (SSSR count). The van der Waals surface area contributed by atoms with Crippen LogP contribution in [0.15, 0.2) is 170 Å². The molecular weight excluding hydrogens is 657 g/mol. The lowest BCUT2D eigenvalue weighted by Crippen LogP contribution is -2.10. The van der Waals surface area contributed by atoms with Crippen molar-refractivity contribution in [2.45, 2.75) is 13.8 Å². The first-order chi connectivity index (χ1) is 26.5. The van der Waals surface area contributed by atoms with E-state index in [4.69, 9.17) is 0 Å². The van der Waals surface area contributed by atoms with Crippen molar-refractivity contribution in [3.05, 3.63) is 181 Å². The van der Waals surface area contributed by atoms with Gasteiger partial charge in [-0.2, -0.15) is 0 Å². The van der Waals surface area contributed by atoms with Crippen LogP contribution in [0.2, 0.25) is 0 Å². The number of hydrogen-bond donors (Lipinski definition) is 0. The first-order valence-corrected chi connectivity index (χ1v) is 18.6. The van der Waals surface area contributed by atoms with Crippen molar-refractivity contribution in [1.82, 2.24) is 9.13 Å². The maximum Gasteiger partial charge on any atom is 0.0742 e. The Balaban J connectivity index is 1.25. The van der Waals surface area contributed by atoms with E-state index in [9.17, 15) is 0 Å². The summed E-state index contributed by atoms with van der Waals surface area (Å²) in [7, 11) is 4.47. The molecule has 0 aliphatic heterocycles. The lowest BCUT2D eigenvalue weighted by Gasteiger charge is -2.26. The van der Waals surface area contributed by atoms with Gasteiger partial charge in [-0.05, 0) is 109 Å². The fourth-order valence-electron chi connectivity index (χ4n) is 8.73. The highest BCUT2D eigenvalue weighted by Gasteiger charge is 2.23. The van der Waals surface area contributed by atoms with E-state index in [0.717, 1.165) is 34.1 Å². The van der Waals surface area contributed by atoms with Crippen LogP contribution in [0.25, 0.3) is 54.4 Å². The van der Waals surface area contributed by atoms with Crippen LogP contribution < -0.4 is 9.80 Å². The molecule has 0 saturated heterocycles. The molecule has 4 heteroatoms. The second-order valence-corrected chi connectivity index (χ2v) is 14.5. The van der Waals surface area contributed by atoms with Crippen molar-refractivity contribution < 1.29 is 0 Å². The van der Waals surface area contributed by atoms with Crippen molar-refractivity contribution in [2.75, 3.05) is 9.80 Å². The van der Waals surface area contributed by atoms with Crippen LogP contribution in [0.5, 0.6) is 0 Å². The Morgan fingerprint density at radius 1 is 0.333 bits per heavy atom. The van der Waals surface area contributed by atoms with Crippen molar-refractivity contribution in [1.29, 1.82) is 0 Å². The highest BCUT2D eigenvalue weighted by atomic mass is 15.2. The zero-order valence-electron chi connectivity index (χ0n) is 31.0. The molecule has 0 aliphatic rings. The van der Waals surface area contributed by atoms with Crippen LogP contribution in [-0.4, -0.2) is 9.13 Å². The smallest absolute Gasteiger partial charge is 0.0742 e. The van der Waals surface area contributed by atoms with Gasteiger partial charge in [0.25, 0.3) is 0 Å². The molecule has 0 fully saturated rings. The molecule has 2 aromatic heterocycles. The van der Waals surface area contributed by atoms with Crippen LogP contribution in [-0.2, 0) is 14.1 Å². The SMILES string of the molecule is Cc1cccc(N(c2ccccc2)c2ccc3c4c5ccccc5c5c6ccc(N(c7ccccc7)c7cccc(C)c7)cc6n(C)c5c4n(C)c3c2)c1. The van der Waals surface area contributed by atoms with Gasteiger partial charge in [0.1, 0.15) is 0 Å². The van der Waals surface area contributed by atoms with Gasteiger partial charge in [-0.25, -0.2) is 0 Å². The highest BCUT2D eigenvalue weighted by molar-refractivity contribution is 6.36. The summed E-state index contributed by atoms with van der Waals surface area (Å²) in [5.74, 6) is 0. The second kappa shape index (κ2) is 12.4. The molecule has 0 saturated carbocycles. The van der Waals surface area contributed by atoms with Gasteiger partial charge >= 0.3 is 0 Å². The van der Waals surface area contributed by atoms with Gasteiger partial charge in [-0.3, -0.25) is 0 Å². The summed E-state index contributed by atoms with van der Waals surface area (Å²) >= 11 is 0. The molecule has 54 heavy (non-hydrogen) atoms. The number of anilines is 6. The maximum atomic E-state index is 2.42. The number of aryl methyl sites for hydroxylation is 4. The number of fused-ring (bicyclic) bond motifs is 10. The van der Waals surface area contributed by atoms with Gasteiger partial charge in [0.15, 0.2) is 0 Å². The molecule has 0 bridgehead atoms. The van der Waals surface area contributed by atoms with Crippen molar-refractivity contribution in [3.63, 3.8) is 0 Å². The summed E-state index contributed by atoms with van der Waals surface area (Å²) in [6, 6.07) is 61.8. The quantitative estimate of drug-likeness (QED) is 0.172. The number of benzene rings is 8. The van der Waals surface area contributed by atoms with Gasteiger partial charge in [-0.1, -0.05) is 97.1 Å². The lowest BCUT2D eigenvalue weighted by molar-refractivity contribution is 0.986. The molecular formula is C50H40N4. The molecule has 2 heterocycles. The minimum Gasteiger partial charge on any atom is -0.342 e. The number of rotatable bonds is 6. The highest BCUT2D eigenvalue weighted by Crippen LogP contribution is 2.47. The summed E-state index contributed by atoms with van der Waals surface area (Å²) < 4.78 is 4.84. The normalized spacial score (nSPS) is 11.7. The Kier molecular flexibility index (Phi) is 7.34. The van der Waals surface area contributed by atoms with E-state index in [1.807, 2.05) is 0 Å². The predicted octanol–water partition coefficient (Wildman–Crippen LogP) is 13.7. The molecule has 4 nitrogen and oxygen atoms in total. The summed E-state index contributed by atoms with van der Waals surface area (Å²) in [4.78, 5) is 4.73. The molecule has 0 amide bonds. The second-order valence-electron chi connectivity index (χ2n) is 14.5. The summed E-state index contributed by atoms with van der Waals surface area (Å²) in [6.45, 7) is 4.31. The summed E-state index contributed by atoms with van der Waals surface area (Å²) in [5.41, 5.74) is 14.2. The van der Waals surface area contributed by atoms with Crippen LogP contribution in [0.1, 0.15) is 11.1 Å². The fourth-order valence-corrected chi connectivity index (χ4v) is 8.73. The Morgan fingerprint density at radius 3 is 1.11 bits per heavy atom. The standard InChI is InChI=1S/C50H40N4/c1-33-15-13-21-37(29-33)53(35-17-7-5-8-18-35)39-25-27-43-45(31-39)51(3)49-47(43)41-23-11-12-24-42(41)48-44-28-26-40(32-46(44)52(4)50(48)49)54(36-19-9-6-10-20-36)38-22-14-16-34(2)30-38/h5-32H,1-4H3. The van der Waals surface area contributed by atoms with Crippen LogP contribution in [0.4, 0.5) is 34.1 Å². The van der Waals surface area contributed by atoms with E-state index >= 15 is 0 Å². The zero-order chi connectivity index (χ0) is 36.5. The third kappa shape index (κ3) is 4.91. The Bertz CT molecular complexity index is 2840. The lowest BCUT2D eigenvalue weighted by atomic mass is 9.98. The third-order valence-corrected chi connectivity index (χ3v) is 11.1. The molecule has 0 aliphatic carbocycles. The van der Waals surface area contributed by atoms with Gasteiger partial charge in [0, 0.05) is 69.8 Å². The monoisotopic (exact) mass is 696 g/mol. The fraction of sp³-hybridized carbons (Fsp3) is 0.0800. The van der Waals surface area contributed by atoms with E-state index in [1.165, 1.54) is 65.5 Å². The van der Waals surface area contributed by atoms with Gasteiger partial charge in [0.05, 0.1) is 22.1 Å². The van der Waals surface area contributed by atoms with Crippen LogP contribution in [0.3, 0.4) is 0 Å². The number of hydrogen-bond acceptors (Lipinski definition) is 2. The van der Waals surface area contributed by atoms with Crippen molar-refractivity contribution in [2.24, 2.45) is 14.1 Å². The summed E-state index contributed by atoms with van der Waals surface area (Å²) in [5, 5.41) is 7.65. The average molecular weight is 697 g/mol. The average Bonchev–Trinajstić information content (AvgIpc) is 3.66. The zero-order valence-corrected chi connectivity index (χ0v) is 31.0. The maximum absolute atomic E-state index is 2.42. The first kappa shape index (κ1) is 31.9. The van der Waals surface area contributed by atoms with E-state index < -0.39 is 0 Å². The Morgan fingerprint density at radius 2 is 0.704 bits per heavy atom. The molecule has 10 aromatic rings. The number of para-hydroxylation sites is 2. The van der Waals surface area contributed by atoms with Gasteiger partial charge in [0.2, 0.25) is 0 Å². The first-order valence-electron chi connectivity index (χ1n) is 18.6. The van der Waals surface area contributed by atoms with Crippen LogP contribution >= 0.6 is 0 Å². The van der Waals surface area contributed by atoms with E-state index in [2.05, 4.69) is 217 Å². The number of aromatic nitrogens is 2. The predicted molar refractivity (Wildman–Crippen MR) is 231 cm³/mol. The Labute approximate surface area is 315 Å². The number of nitrogens with zero attached hydrogens (tertiary/aromatic N) is 4. The molecule has 0 N–H and O–H groups in total. The third-order valence-electron chi connectivity index (χ3n) is 11.1. The van der Waals surface area contributed by atoms with Crippen molar-refractivity contribution in [3.8, 4) is 0 Å². The molecule has 8 aromatic carbocycles. The summed E-state index contributed by atoms with van der Waals surface area (Å²) in [6.07, 6.45) is 0. The molecule has 0 atom stereocenters. The molecule has 0 spiro atoms. The topological polar surface area (TPSA) is 16.3 Å². The van der Waals surface area contributed by atoms with E-state index in [-0.39, 0.29) is 0 Å². The minimum atomic E-state index is 1.13. The van der Waals surface area contributed by atoms with Crippen molar-refractivity contribution >= 4 is 88.5 Å². The van der Waals surface area contributed by atoms with Crippen LogP contribution in [0, 0.1) is 13.8 Å². The molecule has 0 radical (unpaired) electrons. The van der Waals surface area contributed by atoms with E-state index in [1.54, 1.807) is 0 Å².